The Morgan fingerprint density at radius 2 is 1.89 bits per heavy atom. The van der Waals surface area contributed by atoms with Gasteiger partial charge >= 0.3 is 0 Å². The van der Waals surface area contributed by atoms with Gasteiger partial charge in [0.25, 0.3) is 0 Å². The van der Waals surface area contributed by atoms with E-state index in [4.69, 9.17) is 9.47 Å². The number of aryl methyl sites for hydroxylation is 1. The van der Waals surface area contributed by atoms with Gasteiger partial charge in [0.1, 0.15) is 5.82 Å². The molecule has 1 aromatic heterocycles. The number of aromatic nitrogens is 2. The van der Waals surface area contributed by atoms with Gasteiger partial charge < -0.3 is 14.8 Å². The maximum absolute atomic E-state index is 12.4. The summed E-state index contributed by atoms with van der Waals surface area (Å²) in [5.74, 6) is 2.21. The Morgan fingerprint density at radius 3 is 2.61 bits per heavy atom. The number of carbonyl (C=O) groups is 1. The number of para-hydroxylation sites is 1. The summed E-state index contributed by atoms with van der Waals surface area (Å²) >= 11 is 1.50. The first kappa shape index (κ1) is 19.8. The van der Waals surface area contributed by atoms with Gasteiger partial charge in [0.15, 0.2) is 11.5 Å². The molecule has 0 bridgehead atoms. The predicted molar refractivity (Wildman–Crippen MR) is 111 cm³/mol. The van der Waals surface area contributed by atoms with E-state index in [1.807, 2.05) is 49.4 Å². The molecule has 0 unspecified atom stereocenters. The van der Waals surface area contributed by atoms with Gasteiger partial charge in [-0.1, -0.05) is 29.8 Å². The quantitative estimate of drug-likeness (QED) is 0.582. The van der Waals surface area contributed by atoms with Gasteiger partial charge in [0, 0.05) is 16.5 Å². The maximum Gasteiger partial charge on any atom is 0.235 e. The van der Waals surface area contributed by atoms with Crippen LogP contribution in [-0.4, -0.2) is 35.7 Å². The van der Waals surface area contributed by atoms with Gasteiger partial charge in [-0.2, -0.15) is 5.10 Å². The minimum Gasteiger partial charge on any atom is -0.493 e. The van der Waals surface area contributed by atoms with Crippen LogP contribution in [0.15, 0.2) is 59.6 Å². The molecule has 1 amide bonds. The molecule has 0 atom stereocenters. The van der Waals surface area contributed by atoms with Gasteiger partial charge in [-0.3, -0.25) is 4.79 Å². The number of amides is 1. The zero-order chi connectivity index (χ0) is 19.9. The van der Waals surface area contributed by atoms with Gasteiger partial charge in [-0.05, 0) is 25.1 Å². The van der Waals surface area contributed by atoms with Gasteiger partial charge in [0.05, 0.1) is 32.7 Å². The number of anilines is 1. The third kappa shape index (κ3) is 4.86. The Balaban J connectivity index is 1.65. The number of nitrogens with zero attached hydrogens (tertiary/aromatic N) is 2. The second-order valence-electron chi connectivity index (χ2n) is 6.18. The molecule has 6 nitrogen and oxygen atoms in total. The fourth-order valence-electron chi connectivity index (χ4n) is 2.77. The second kappa shape index (κ2) is 9.32. The molecule has 0 spiro atoms. The molecule has 1 N–H and O–H groups in total. The van der Waals surface area contributed by atoms with Crippen LogP contribution in [0.5, 0.6) is 11.5 Å². The predicted octanol–water partition coefficient (Wildman–Crippen LogP) is 3.99. The summed E-state index contributed by atoms with van der Waals surface area (Å²) in [5, 5.41) is 7.25. The molecule has 3 rings (SSSR count). The van der Waals surface area contributed by atoms with Gasteiger partial charge in [0.2, 0.25) is 5.91 Å². The number of hydrogen-bond donors (Lipinski definition) is 1. The second-order valence-corrected chi connectivity index (χ2v) is 7.23. The molecular formula is C21H23N3O3S. The van der Waals surface area contributed by atoms with Gasteiger partial charge in [-0.15, -0.1) is 11.8 Å². The smallest absolute Gasteiger partial charge is 0.235 e. The average molecular weight is 398 g/mol. The van der Waals surface area contributed by atoms with Crippen LogP contribution in [-0.2, 0) is 11.3 Å². The molecule has 0 aliphatic heterocycles. The van der Waals surface area contributed by atoms with Crippen LogP contribution in [0, 0.1) is 6.92 Å². The Hall–Kier alpha value is -2.93. The van der Waals surface area contributed by atoms with Crippen LogP contribution in [0.2, 0.25) is 0 Å². The molecular weight excluding hydrogens is 374 g/mol. The number of hydrogen-bond acceptors (Lipinski definition) is 5. The molecule has 28 heavy (non-hydrogen) atoms. The van der Waals surface area contributed by atoms with E-state index in [0.29, 0.717) is 29.6 Å². The highest BCUT2D eigenvalue weighted by molar-refractivity contribution is 8.00. The topological polar surface area (TPSA) is 65.4 Å². The van der Waals surface area contributed by atoms with Crippen molar-refractivity contribution in [2.45, 2.75) is 18.4 Å². The van der Waals surface area contributed by atoms with Crippen molar-refractivity contribution in [2.75, 3.05) is 25.3 Å². The van der Waals surface area contributed by atoms with E-state index < -0.39 is 0 Å². The van der Waals surface area contributed by atoms with Crippen LogP contribution >= 0.6 is 11.8 Å². The normalized spacial score (nSPS) is 10.5. The zero-order valence-corrected chi connectivity index (χ0v) is 17.0. The molecule has 0 fully saturated rings. The SMILES string of the molecule is COc1cccc(Cn2nccc2NC(=O)CSc2ccc(C)cc2)c1OC. The minimum atomic E-state index is -0.0788. The fourth-order valence-corrected chi connectivity index (χ4v) is 3.47. The molecule has 0 saturated carbocycles. The van der Waals surface area contributed by atoms with Crippen LogP contribution < -0.4 is 14.8 Å². The largest absolute Gasteiger partial charge is 0.493 e. The number of methoxy groups -OCH3 is 2. The first-order valence-corrected chi connectivity index (χ1v) is 9.80. The summed E-state index contributed by atoms with van der Waals surface area (Å²) in [6.07, 6.45) is 1.66. The lowest BCUT2D eigenvalue weighted by Crippen LogP contribution is -2.18. The highest BCUT2D eigenvalue weighted by Crippen LogP contribution is 2.31. The van der Waals surface area contributed by atoms with Crippen molar-refractivity contribution in [1.82, 2.24) is 9.78 Å². The summed E-state index contributed by atoms with van der Waals surface area (Å²) < 4.78 is 12.5. The molecule has 3 aromatic rings. The molecule has 0 aliphatic rings. The number of ether oxygens (including phenoxy) is 2. The molecule has 2 aromatic carbocycles. The Kier molecular flexibility index (Phi) is 6.60. The number of benzene rings is 2. The number of thioether (sulfide) groups is 1. The monoisotopic (exact) mass is 397 g/mol. The summed E-state index contributed by atoms with van der Waals surface area (Å²) in [6.45, 7) is 2.49. The van der Waals surface area contributed by atoms with Crippen molar-refractivity contribution in [3.05, 3.63) is 65.9 Å². The summed E-state index contributed by atoms with van der Waals surface area (Å²) in [5.41, 5.74) is 2.11. The molecule has 7 heteroatoms. The standard InChI is InChI=1S/C21H23N3O3S/c1-15-7-9-17(10-8-15)28-14-20(25)23-19-11-12-22-24(19)13-16-5-4-6-18(26-2)21(16)27-3/h4-12H,13-14H2,1-3H3,(H,23,25). The highest BCUT2D eigenvalue weighted by atomic mass is 32.2. The summed E-state index contributed by atoms with van der Waals surface area (Å²) in [7, 11) is 3.21. The van der Waals surface area contributed by atoms with Crippen molar-refractivity contribution >= 4 is 23.5 Å². The van der Waals surface area contributed by atoms with Crippen LogP contribution in [0.25, 0.3) is 0 Å². The lowest BCUT2D eigenvalue weighted by atomic mass is 10.2. The summed E-state index contributed by atoms with van der Waals surface area (Å²) in [4.78, 5) is 13.4. The first-order valence-electron chi connectivity index (χ1n) is 8.81. The van der Waals surface area contributed by atoms with Crippen molar-refractivity contribution in [3.8, 4) is 11.5 Å². The van der Waals surface area contributed by atoms with Crippen molar-refractivity contribution in [1.29, 1.82) is 0 Å². The first-order chi connectivity index (χ1) is 13.6. The molecule has 0 radical (unpaired) electrons. The number of carbonyl (C=O) groups excluding carboxylic acids is 1. The van der Waals surface area contributed by atoms with Crippen LogP contribution in [0.3, 0.4) is 0 Å². The molecule has 0 aliphatic carbocycles. The molecule has 1 heterocycles. The van der Waals surface area contributed by atoms with E-state index in [2.05, 4.69) is 10.4 Å². The number of rotatable bonds is 8. The van der Waals surface area contributed by atoms with Gasteiger partial charge in [-0.25, -0.2) is 4.68 Å². The lowest BCUT2D eigenvalue weighted by Gasteiger charge is -2.14. The fraction of sp³-hybridized carbons (Fsp3) is 0.238. The van der Waals surface area contributed by atoms with E-state index in [1.165, 1.54) is 17.3 Å². The van der Waals surface area contributed by atoms with Crippen molar-refractivity contribution < 1.29 is 14.3 Å². The highest BCUT2D eigenvalue weighted by Gasteiger charge is 2.13. The third-order valence-electron chi connectivity index (χ3n) is 4.18. The average Bonchev–Trinajstić information content (AvgIpc) is 3.13. The molecule has 0 saturated heterocycles. The van der Waals surface area contributed by atoms with Crippen LogP contribution in [0.4, 0.5) is 5.82 Å². The number of nitrogens with one attached hydrogen (secondary N) is 1. The van der Waals surface area contributed by atoms with Crippen LogP contribution in [0.1, 0.15) is 11.1 Å². The van der Waals surface area contributed by atoms with E-state index in [9.17, 15) is 4.79 Å². The maximum atomic E-state index is 12.4. The van der Waals surface area contributed by atoms with E-state index in [0.717, 1.165) is 10.5 Å². The van der Waals surface area contributed by atoms with E-state index >= 15 is 0 Å². The Bertz CT molecular complexity index is 938. The van der Waals surface area contributed by atoms with Crippen molar-refractivity contribution in [2.24, 2.45) is 0 Å². The minimum absolute atomic E-state index is 0.0788. The molecule has 146 valence electrons. The third-order valence-corrected chi connectivity index (χ3v) is 5.19. The summed E-state index contributed by atoms with van der Waals surface area (Å²) in [6, 6.07) is 15.6. The van der Waals surface area contributed by atoms with E-state index in [-0.39, 0.29) is 5.91 Å². The van der Waals surface area contributed by atoms with Crippen molar-refractivity contribution in [3.63, 3.8) is 0 Å². The lowest BCUT2D eigenvalue weighted by molar-refractivity contribution is -0.113. The Labute approximate surface area is 168 Å². The zero-order valence-electron chi connectivity index (χ0n) is 16.1. The van der Waals surface area contributed by atoms with E-state index in [1.54, 1.807) is 31.2 Å². The Morgan fingerprint density at radius 1 is 1.11 bits per heavy atom.